The fourth-order valence-electron chi connectivity index (χ4n) is 6.95. The molecule has 0 aromatic heterocycles. The van der Waals surface area contributed by atoms with Gasteiger partial charge in [0, 0.05) is 14.2 Å². The van der Waals surface area contributed by atoms with Crippen molar-refractivity contribution in [1.29, 1.82) is 0 Å². The average Bonchev–Trinajstić information content (AvgIpc) is 3.51. The molecule has 2 atom stereocenters. The van der Waals surface area contributed by atoms with Gasteiger partial charge in [-0.2, -0.15) is 9.13 Å². The second-order valence-corrected chi connectivity index (χ2v) is 19.8. The van der Waals surface area contributed by atoms with Gasteiger partial charge in [-0.1, -0.05) is 201 Å². The summed E-state index contributed by atoms with van der Waals surface area (Å²) in [6.45, 7) is 13.3. The van der Waals surface area contributed by atoms with Crippen LogP contribution in [-0.4, -0.2) is 49.6 Å². The monoisotopic (exact) mass is 1140 g/mol. The van der Waals surface area contributed by atoms with Crippen LogP contribution >= 0.6 is 15.6 Å². The average molecular weight is 1140 g/mol. The number of hydrogen-bond donors (Lipinski definition) is 2. The first-order valence-electron chi connectivity index (χ1n) is 27.0. The van der Waals surface area contributed by atoms with Crippen molar-refractivity contribution in [1.82, 2.24) is 0 Å². The lowest BCUT2D eigenvalue weighted by Gasteiger charge is -2.19. The zero-order chi connectivity index (χ0) is 58.7. The standard InChI is InChI=1S/C24H38O4.2C18H15O4P.C2H6.2CH4O/c1-5-9-13-19(7-3)17-27-23(25)21-15-11-12-16-22(21)24(26)28-18-20(8-4)14-10-6-2;2*19-23(20-16-10-4-1-5-11-16,21-17-12-6-2-7-13-17)22-18-14-8-3-9-15-18;3*1-2/h11-12,15-16,19-20H,5-10,13-14,17-18H2,1-4H3;2*1-15H;1-2H3;2*2H,1H3. The largest absolute Gasteiger partial charge is 0.647 e. The fraction of sp³-hybridized carbons (Fsp3) is 0.312. The summed E-state index contributed by atoms with van der Waals surface area (Å²) in [7, 11) is -5.77. The van der Waals surface area contributed by atoms with E-state index in [1.165, 1.54) is 0 Å². The summed E-state index contributed by atoms with van der Waals surface area (Å²) in [5.41, 5.74) is 0.582. The summed E-state index contributed by atoms with van der Waals surface area (Å²) in [6, 6.07) is 59.5. The number of ether oxygens (including phenoxy) is 2. The van der Waals surface area contributed by atoms with E-state index in [1.54, 1.807) is 170 Å². The topological polar surface area (TPSA) is 183 Å². The molecule has 7 aromatic rings. The van der Waals surface area contributed by atoms with Crippen LogP contribution in [0.25, 0.3) is 0 Å². The van der Waals surface area contributed by atoms with E-state index < -0.39 is 27.6 Å². The molecule has 0 spiro atoms. The van der Waals surface area contributed by atoms with Crippen molar-refractivity contribution in [3.05, 3.63) is 217 Å². The van der Waals surface area contributed by atoms with E-state index in [2.05, 4.69) is 27.7 Å². The third-order valence-corrected chi connectivity index (χ3v) is 13.7. The number of benzene rings is 7. The van der Waals surface area contributed by atoms with Crippen molar-refractivity contribution in [3.63, 3.8) is 0 Å². The summed E-state index contributed by atoms with van der Waals surface area (Å²) >= 11 is 0. The van der Waals surface area contributed by atoms with Crippen molar-refractivity contribution in [2.45, 2.75) is 92.9 Å². The highest BCUT2D eigenvalue weighted by Gasteiger charge is 2.34. The minimum Gasteiger partial charge on any atom is -0.462 e. The maximum absolute atomic E-state index is 13.1. The molecule has 0 aliphatic rings. The molecule has 7 aromatic carbocycles. The molecule has 80 heavy (non-hydrogen) atoms. The number of phosphoric ester groups is 2. The van der Waals surface area contributed by atoms with E-state index in [4.69, 9.17) is 46.8 Å². The summed E-state index contributed by atoms with van der Waals surface area (Å²) in [5, 5.41) is 14.0. The van der Waals surface area contributed by atoms with Crippen LogP contribution in [-0.2, 0) is 18.6 Å². The van der Waals surface area contributed by atoms with Gasteiger partial charge in [0.15, 0.2) is 0 Å². The summed E-state index contributed by atoms with van der Waals surface area (Å²) in [6.07, 6.45) is 8.61. The molecule has 0 amide bonds. The molecule has 0 aliphatic carbocycles. The smallest absolute Gasteiger partial charge is 0.462 e. The Bertz CT molecular complexity index is 2330. The first kappa shape index (κ1) is 68.8. The lowest BCUT2D eigenvalue weighted by Crippen LogP contribution is -2.19. The molecule has 0 saturated heterocycles. The van der Waals surface area contributed by atoms with Crippen LogP contribution in [0.3, 0.4) is 0 Å². The number of para-hydroxylation sites is 6. The quantitative estimate of drug-likeness (QED) is 0.0386. The molecule has 0 aliphatic heterocycles. The van der Waals surface area contributed by atoms with Crippen molar-refractivity contribution >= 4 is 27.6 Å². The lowest BCUT2D eigenvalue weighted by molar-refractivity contribution is 0.0381. The maximum Gasteiger partial charge on any atom is 0.647 e. The van der Waals surface area contributed by atoms with Gasteiger partial charge in [0.05, 0.1) is 24.3 Å². The molecule has 16 heteroatoms. The first-order valence-corrected chi connectivity index (χ1v) is 30.0. The van der Waals surface area contributed by atoms with Crippen LogP contribution < -0.4 is 27.1 Å². The zero-order valence-corrected chi connectivity index (χ0v) is 49.3. The van der Waals surface area contributed by atoms with Crippen molar-refractivity contribution < 1.29 is 65.5 Å². The molecule has 2 unspecified atom stereocenters. The Morgan fingerprint density at radius 3 is 0.750 bits per heavy atom. The van der Waals surface area contributed by atoms with Crippen molar-refractivity contribution in [2.75, 3.05) is 27.4 Å². The summed E-state index contributed by atoms with van der Waals surface area (Å²) in [5.74, 6) is 2.28. The van der Waals surface area contributed by atoms with Gasteiger partial charge in [0.1, 0.15) is 34.5 Å². The van der Waals surface area contributed by atoms with E-state index in [1.807, 2.05) is 50.2 Å². The number of rotatable bonds is 26. The molecule has 7 rings (SSSR count). The van der Waals surface area contributed by atoms with Gasteiger partial charge >= 0.3 is 27.6 Å². The molecule has 2 N–H and O–H groups in total. The Hall–Kier alpha value is -7.34. The maximum atomic E-state index is 13.1. The Balaban J connectivity index is 0.000000393. The number of aliphatic hydroxyl groups is 2. The molecule has 0 bridgehead atoms. The van der Waals surface area contributed by atoms with E-state index in [-0.39, 0.29) is 0 Å². The van der Waals surface area contributed by atoms with Gasteiger partial charge in [-0.3, -0.25) is 0 Å². The Kier molecular flexibility index (Phi) is 35.8. The van der Waals surface area contributed by atoms with Crippen LogP contribution in [0.1, 0.15) is 114 Å². The number of unbranched alkanes of at least 4 members (excludes halogenated alkanes) is 2. The number of esters is 2. The van der Waals surface area contributed by atoms with E-state index in [0.717, 1.165) is 65.6 Å². The molecule has 0 heterocycles. The molecule has 0 saturated carbocycles. The Labute approximate surface area is 475 Å². The highest BCUT2D eigenvalue weighted by Crippen LogP contribution is 2.51. The number of aliphatic hydroxyl groups excluding tert-OH is 2. The van der Waals surface area contributed by atoms with E-state index in [0.29, 0.717) is 70.7 Å². The van der Waals surface area contributed by atoms with Gasteiger partial charge in [0.25, 0.3) is 0 Å². The van der Waals surface area contributed by atoms with Crippen molar-refractivity contribution in [3.8, 4) is 34.5 Å². The van der Waals surface area contributed by atoms with Crippen LogP contribution in [0.2, 0.25) is 0 Å². The Morgan fingerprint density at radius 2 is 0.562 bits per heavy atom. The normalized spacial score (nSPS) is 11.0. The van der Waals surface area contributed by atoms with Gasteiger partial charge < -0.3 is 46.8 Å². The second kappa shape index (κ2) is 41.7. The Morgan fingerprint density at radius 1 is 0.362 bits per heavy atom. The highest BCUT2D eigenvalue weighted by atomic mass is 31.2. The van der Waals surface area contributed by atoms with Gasteiger partial charge in [0.2, 0.25) is 0 Å². The minimum absolute atomic E-state index is 0.291. The minimum atomic E-state index is -3.89. The fourth-order valence-corrected chi connectivity index (χ4v) is 9.46. The SMILES string of the molecule is CC.CCCCC(CC)COC(=O)c1ccccc1C(=O)OCC(CC)CCCC.CO.CO.O=P(Oc1ccccc1)(Oc1ccccc1)Oc1ccccc1.O=P(Oc1ccccc1)(Oc1ccccc1)Oc1ccccc1. The highest BCUT2D eigenvalue weighted by molar-refractivity contribution is 7.50. The number of hydrogen-bond acceptors (Lipinski definition) is 14. The number of carbonyl (C=O) groups is 2. The lowest BCUT2D eigenvalue weighted by atomic mass is 10.0. The van der Waals surface area contributed by atoms with E-state index >= 15 is 0 Å². The third kappa shape index (κ3) is 27.5. The van der Waals surface area contributed by atoms with Crippen LogP contribution in [0.5, 0.6) is 34.5 Å². The zero-order valence-electron chi connectivity index (χ0n) is 47.5. The number of carbonyl (C=O) groups excluding carboxylic acids is 2. The number of phosphoric acid groups is 2. The molecule has 0 fully saturated rings. The van der Waals surface area contributed by atoms with Crippen LogP contribution in [0.4, 0.5) is 0 Å². The predicted molar refractivity (Wildman–Crippen MR) is 319 cm³/mol. The second-order valence-electron chi connectivity index (χ2n) is 16.9. The van der Waals surface area contributed by atoms with Gasteiger partial charge in [-0.25, -0.2) is 9.59 Å². The molecular weight excluding hydrogens is 1050 g/mol. The molecule has 14 nitrogen and oxygen atoms in total. The first-order chi connectivity index (χ1) is 39.0. The van der Waals surface area contributed by atoms with Crippen LogP contribution in [0.15, 0.2) is 206 Å². The van der Waals surface area contributed by atoms with Crippen molar-refractivity contribution in [2.24, 2.45) is 11.8 Å². The summed E-state index contributed by atoms with van der Waals surface area (Å²) in [4.78, 5) is 25.1. The molecular formula is C64H82O14P2. The van der Waals surface area contributed by atoms with Gasteiger partial charge in [-0.15, -0.1) is 0 Å². The predicted octanol–water partition coefficient (Wildman–Crippen LogP) is 17.3. The molecule has 432 valence electrons. The summed E-state index contributed by atoms with van der Waals surface area (Å²) < 4.78 is 70.3. The van der Waals surface area contributed by atoms with Crippen LogP contribution in [0, 0.1) is 11.8 Å². The van der Waals surface area contributed by atoms with Gasteiger partial charge in [-0.05, 0) is 110 Å². The van der Waals surface area contributed by atoms with E-state index in [9.17, 15) is 18.7 Å². The molecule has 0 radical (unpaired) electrons. The third-order valence-electron chi connectivity index (χ3n) is 11.1.